The lowest BCUT2D eigenvalue weighted by atomic mass is 9.96. The van der Waals surface area contributed by atoms with E-state index in [9.17, 15) is 9.59 Å². The fraction of sp³-hybridized carbons (Fsp3) is 0.533. The van der Waals surface area contributed by atoms with Gasteiger partial charge < -0.3 is 9.47 Å². The summed E-state index contributed by atoms with van der Waals surface area (Å²) in [6.45, 7) is 4.73. The first-order chi connectivity index (χ1) is 16.7. The highest BCUT2D eigenvalue weighted by Crippen LogP contribution is 2.27. The average molecular weight is 467 g/mol. The van der Waals surface area contributed by atoms with Crippen LogP contribution in [0.2, 0.25) is 0 Å². The second-order valence-electron chi connectivity index (χ2n) is 8.90. The highest BCUT2D eigenvalue weighted by atomic mass is 16.5. The predicted molar refractivity (Wildman–Crippen MR) is 138 cm³/mol. The molecule has 0 atom stereocenters. The Bertz CT molecular complexity index is 844. The summed E-state index contributed by atoms with van der Waals surface area (Å²) >= 11 is 0. The molecule has 0 radical (unpaired) electrons. The van der Waals surface area contributed by atoms with Crippen LogP contribution in [-0.4, -0.2) is 18.4 Å². The molecule has 0 aliphatic heterocycles. The number of carbonyl (C=O) groups is 2. The summed E-state index contributed by atoms with van der Waals surface area (Å²) in [5.74, 6) is 0.265. The Balaban J connectivity index is 1.93. The van der Waals surface area contributed by atoms with Crippen LogP contribution >= 0.6 is 0 Å². The van der Waals surface area contributed by atoms with Crippen LogP contribution in [-0.2, 0) is 22.6 Å². The molecule has 0 heterocycles. The molecule has 2 aromatic carbocycles. The number of ketones is 1. The molecular weight excluding hydrogens is 424 g/mol. The van der Waals surface area contributed by atoms with E-state index in [4.69, 9.17) is 9.47 Å². The Morgan fingerprint density at radius 2 is 1.38 bits per heavy atom. The van der Waals surface area contributed by atoms with Gasteiger partial charge in [0, 0.05) is 6.42 Å². The standard InChI is InChI=1S/C30H42O4/c1-3-5-6-7-8-9-10-11-12-16-21-27(31)30-26(23-29(32)33-4-2)20-17-22-28(30)34-24-25-18-14-13-15-19-25/h13-15,17-20,22H,3-12,16,21,23-24H2,1-2H3. The van der Waals surface area contributed by atoms with Gasteiger partial charge in [-0.05, 0) is 30.5 Å². The molecule has 0 unspecified atom stereocenters. The van der Waals surface area contributed by atoms with Gasteiger partial charge >= 0.3 is 5.97 Å². The third-order valence-electron chi connectivity index (χ3n) is 6.03. The Morgan fingerprint density at radius 1 is 0.735 bits per heavy atom. The topological polar surface area (TPSA) is 52.6 Å². The van der Waals surface area contributed by atoms with Crippen LogP contribution in [0.25, 0.3) is 0 Å². The highest BCUT2D eigenvalue weighted by Gasteiger charge is 2.19. The van der Waals surface area contributed by atoms with Crippen molar-refractivity contribution in [2.24, 2.45) is 0 Å². The molecular formula is C30H42O4. The van der Waals surface area contributed by atoms with Crippen molar-refractivity contribution in [3.8, 4) is 5.75 Å². The third-order valence-corrected chi connectivity index (χ3v) is 6.03. The van der Waals surface area contributed by atoms with Crippen molar-refractivity contribution in [2.75, 3.05) is 6.61 Å². The number of rotatable bonds is 18. The van der Waals surface area contributed by atoms with Crippen LogP contribution in [0.4, 0.5) is 0 Å². The summed E-state index contributed by atoms with van der Waals surface area (Å²) in [5, 5.41) is 0. The zero-order valence-electron chi connectivity index (χ0n) is 21.2. The van der Waals surface area contributed by atoms with Crippen molar-refractivity contribution < 1.29 is 19.1 Å². The zero-order valence-corrected chi connectivity index (χ0v) is 21.2. The van der Waals surface area contributed by atoms with Gasteiger partial charge in [-0.15, -0.1) is 0 Å². The van der Waals surface area contributed by atoms with E-state index in [-0.39, 0.29) is 18.2 Å². The van der Waals surface area contributed by atoms with E-state index in [0.29, 0.717) is 36.5 Å². The highest BCUT2D eigenvalue weighted by molar-refractivity contribution is 6.01. The molecule has 34 heavy (non-hydrogen) atoms. The minimum Gasteiger partial charge on any atom is -0.488 e. The maximum absolute atomic E-state index is 13.2. The van der Waals surface area contributed by atoms with Gasteiger partial charge in [-0.25, -0.2) is 0 Å². The zero-order chi connectivity index (χ0) is 24.4. The maximum atomic E-state index is 13.2. The van der Waals surface area contributed by atoms with Crippen LogP contribution in [0.15, 0.2) is 48.5 Å². The lowest BCUT2D eigenvalue weighted by molar-refractivity contribution is -0.142. The number of unbranched alkanes of at least 4 members (excludes halogenated alkanes) is 9. The first kappa shape index (κ1) is 27.6. The van der Waals surface area contributed by atoms with Crippen molar-refractivity contribution in [1.82, 2.24) is 0 Å². The molecule has 0 spiro atoms. The van der Waals surface area contributed by atoms with E-state index in [1.54, 1.807) is 6.92 Å². The van der Waals surface area contributed by atoms with Crippen LogP contribution in [0.1, 0.15) is 106 Å². The van der Waals surface area contributed by atoms with E-state index in [1.165, 1.54) is 51.4 Å². The fourth-order valence-electron chi connectivity index (χ4n) is 4.16. The van der Waals surface area contributed by atoms with Gasteiger partial charge in [0.2, 0.25) is 0 Å². The SMILES string of the molecule is CCCCCCCCCCCCC(=O)c1c(CC(=O)OCC)cccc1OCc1ccccc1. The number of Topliss-reactive ketones (excluding diaryl/α,β-unsaturated/α-hetero) is 1. The number of carbonyl (C=O) groups excluding carboxylic acids is 2. The van der Waals surface area contributed by atoms with Crippen LogP contribution in [0.3, 0.4) is 0 Å². The summed E-state index contributed by atoms with van der Waals surface area (Å²) in [5.41, 5.74) is 2.25. The average Bonchev–Trinajstić information content (AvgIpc) is 2.84. The van der Waals surface area contributed by atoms with Crippen molar-refractivity contribution in [3.05, 3.63) is 65.2 Å². The van der Waals surface area contributed by atoms with E-state index < -0.39 is 0 Å². The Labute approximate surface area is 206 Å². The first-order valence-corrected chi connectivity index (χ1v) is 13.1. The van der Waals surface area contributed by atoms with Crippen molar-refractivity contribution >= 4 is 11.8 Å². The molecule has 2 rings (SSSR count). The molecule has 4 nitrogen and oxygen atoms in total. The van der Waals surface area contributed by atoms with E-state index in [1.807, 2.05) is 48.5 Å². The van der Waals surface area contributed by atoms with Crippen LogP contribution in [0, 0.1) is 0 Å². The second-order valence-corrected chi connectivity index (χ2v) is 8.90. The minimum atomic E-state index is -0.323. The van der Waals surface area contributed by atoms with Gasteiger partial charge in [0.1, 0.15) is 12.4 Å². The summed E-state index contributed by atoms with van der Waals surface area (Å²) in [7, 11) is 0. The quantitative estimate of drug-likeness (QED) is 0.127. The molecule has 0 N–H and O–H groups in total. The second kappa shape index (κ2) is 16.9. The van der Waals surface area contributed by atoms with Crippen molar-refractivity contribution in [2.45, 2.75) is 97.5 Å². The third kappa shape index (κ3) is 10.5. The molecule has 0 aliphatic rings. The Kier molecular flexibility index (Phi) is 13.7. The molecule has 0 saturated carbocycles. The van der Waals surface area contributed by atoms with E-state index >= 15 is 0 Å². The number of hydrogen-bond acceptors (Lipinski definition) is 4. The molecule has 0 aromatic heterocycles. The Hall–Kier alpha value is -2.62. The Morgan fingerprint density at radius 3 is 2.03 bits per heavy atom. The normalized spacial score (nSPS) is 10.8. The summed E-state index contributed by atoms with van der Waals surface area (Å²) in [6, 6.07) is 15.4. The lowest BCUT2D eigenvalue weighted by Gasteiger charge is -2.15. The number of hydrogen-bond donors (Lipinski definition) is 0. The lowest BCUT2D eigenvalue weighted by Crippen LogP contribution is -2.13. The first-order valence-electron chi connectivity index (χ1n) is 13.1. The fourth-order valence-corrected chi connectivity index (χ4v) is 4.16. The van der Waals surface area contributed by atoms with Crippen molar-refractivity contribution in [3.63, 3.8) is 0 Å². The minimum absolute atomic E-state index is 0.0440. The molecule has 186 valence electrons. The molecule has 0 fully saturated rings. The molecule has 2 aromatic rings. The smallest absolute Gasteiger partial charge is 0.310 e. The largest absolute Gasteiger partial charge is 0.488 e. The number of ether oxygens (including phenoxy) is 2. The van der Waals surface area contributed by atoms with Crippen molar-refractivity contribution in [1.29, 1.82) is 0 Å². The van der Waals surface area contributed by atoms with Gasteiger partial charge in [-0.3, -0.25) is 9.59 Å². The van der Waals surface area contributed by atoms with Gasteiger partial charge in [0.15, 0.2) is 5.78 Å². The van der Waals surface area contributed by atoms with Gasteiger partial charge in [0.05, 0.1) is 18.6 Å². The number of esters is 1. The molecule has 4 heteroatoms. The molecule has 0 saturated heterocycles. The van der Waals surface area contributed by atoms with Crippen LogP contribution < -0.4 is 4.74 Å². The van der Waals surface area contributed by atoms with Gasteiger partial charge in [0.25, 0.3) is 0 Å². The van der Waals surface area contributed by atoms with Crippen LogP contribution in [0.5, 0.6) is 5.75 Å². The maximum Gasteiger partial charge on any atom is 0.310 e. The van der Waals surface area contributed by atoms with Gasteiger partial charge in [-0.1, -0.05) is 107 Å². The monoisotopic (exact) mass is 466 g/mol. The predicted octanol–water partition coefficient (Wildman–Crippen LogP) is 7.86. The molecule has 0 bridgehead atoms. The van der Waals surface area contributed by atoms with Gasteiger partial charge in [-0.2, -0.15) is 0 Å². The summed E-state index contributed by atoms with van der Waals surface area (Å²) < 4.78 is 11.2. The summed E-state index contributed by atoms with van der Waals surface area (Å²) in [6.07, 6.45) is 12.8. The summed E-state index contributed by atoms with van der Waals surface area (Å²) in [4.78, 5) is 25.4. The number of benzene rings is 2. The van der Waals surface area contributed by atoms with E-state index in [2.05, 4.69) is 6.92 Å². The molecule has 0 aliphatic carbocycles. The van der Waals surface area contributed by atoms with E-state index in [0.717, 1.165) is 18.4 Å². The molecule has 0 amide bonds.